The Bertz CT molecular complexity index is 762. The van der Waals surface area contributed by atoms with Gasteiger partial charge in [-0.15, -0.1) is 0 Å². The normalized spacial score (nSPS) is 8.95. The minimum Gasteiger partial charge on any atom is -0.344 e. The van der Waals surface area contributed by atoms with E-state index in [-0.39, 0.29) is 17.0 Å². The number of benzene rings is 1. The summed E-state index contributed by atoms with van der Waals surface area (Å²) in [5.41, 5.74) is 0.736. The number of anilines is 1. The van der Waals surface area contributed by atoms with E-state index in [4.69, 9.17) is 15.8 Å². The highest BCUT2D eigenvalue weighted by atomic mass is 79.9. The number of nitro benzene ring substituents is 1. The molecule has 0 bridgehead atoms. The molecule has 0 aromatic heterocycles. The van der Waals surface area contributed by atoms with Gasteiger partial charge in [0.2, 0.25) is 0 Å². The van der Waals surface area contributed by atoms with Gasteiger partial charge >= 0.3 is 0 Å². The third-order valence-electron chi connectivity index (χ3n) is 2.86. The zero-order valence-corrected chi connectivity index (χ0v) is 12.6. The fraction of sp³-hybridized carbons (Fsp3) is 0.154. The number of hydrogen-bond acceptors (Lipinski definition) is 6. The van der Waals surface area contributed by atoms with Crippen molar-refractivity contribution < 1.29 is 4.92 Å². The minimum absolute atomic E-state index is 0.0618. The van der Waals surface area contributed by atoms with Gasteiger partial charge in [-0.25, -0.2) is 0 Å². The quantitative estimate of drug-likeness (QED) is 0.509. The van der Waals surface area contributed by atoms with Crippen molar-refractivity contribution in [1.82, 2.24) is 0 Å². The SMILES string of the molecule is Cc1c([N+](=O)[O-])cc(Br)c(NC(C#N)=C(C#N)C#N)c1C. The molecule has 7 nitrogen and oxygen atoms in total. The van der Waals surface area contributed by atoms with Gasteiger partial charge in [0.15, 0.2) is 5.57 Å². The molecule has 0 unspecified atom stereocenters. The highest BCUT2D eigenvalue weighted by Crippen LogP contribution is 2.35. The van der Waals surface area contributed by atoms with Crippen LogP contribution in [0.5, 0.6) is 0 Å². The van der Waals surface area contributed by atoms with Gasteiger partial charge in [-0.1, -0.05) is 0 Å². The molecule has 1 rings (SSSR count). The van der Waals surface area contributed by atoms with Crippen LogP contribution in [0.25, 0.3) is 0 Å². The van der Waals surface area contributed by atoms with Crippen LogP contribution >= 0.6 is 15.9 Å². The van der Waals surface area contributed by atoms with Gasteiger partial charge in [-0.2, -0.15) is 15.8 Å². The highest BCUT2D eigenvalue weighted by molar-refractivity contribution is 9.10. The van der Waals surface area contributed by atoms with E-state index in [0.717, 1.165) is 0 Å². The van der Waals surface area contributed by atoms with Crippen molar-refractivity contribution in [3.63, 3.8) is 0 Å². The molecule has 0 fully saturated rings. The van der Waals surface area contributed by atoms with Crippen LogP contribution in [0.2, 0.25) is 0 Å². The average molecular weight is 346 g/mol. The van der Waals surface area contributed by atoms with Crippen LogP contribution in [0.1, 0.15) is 11.1 Å². The Balaban J connectivity index is 3.49. The zero-order chi connectivity index (χ0) is 16.2. The predicted octanol–water partition coefficient (Wildman–Crippen LogP) is 3.21. The molecule has 0 radical (unpaired) electrons. The lowest BCUT2D eigenvalue weighted by molar-refractivity contribution is -0.385. The van der Waals surface area contributed by atoms with Gasteiger partial charge in [0.25, 0.3) is 5.69 Å². The first-order chi connectivity index (χ1) is 9.87. The van der Waals surface area contributed by atoms with Crippen LogP contribution < -0.4 is 5.32 Å². The number of nitro groups is 1. The highest BCUT2D eigenvalue weighted by Gasteiger charge is 2.19. The van der Waals surface area contributed by atoms with Crippen molar-refractivity contribution in [3.8, 4) is 18.2 Å². The molecule has 21 heavy (non-hydrogen) atoms. The number of nitrogens with one attached hydrogen (secondary N) is 1. The summed E-state index contributed by atoms with van der Waals surface area (Å²) < 4.78 is 0.361. The van der Waals surface area contributed by atoms with Crippen LogP contribution in [-0.2, 0) is 0 Å². The minimum atomic E-state index is -0.506. The first-order valence-electron chi connectivity index (χ1n) is 5.53. The van der Waals surface area contributed by atoms with E-state index in [9.17, 15) is 10.1 Å². The molecule has 104 valence electrons. The first-order valence-corrected chi connectivity index (χ1v) is 6.32. The Kier molecular flexibility index (Phi) is 5.01. The summed E-state index contributed by atoms with van der Waals surface area (Å²) in [7, 11) is 0. The Hall–Kier alpha value is -2.89. The predicted molar refractivity (Wildman–Crippen MR) is 77.8 cm³/mol. The molecule has 0 aliphatic rings. The lowest BCUT2D eigenvalue weighted by Gasteiger charge is -2.13. The fourth-order valence-electron chi connectivity index (χ4n) is 1.61. The maximum Gasteiger partial charge on any atom is 0.273 e. The second kappa shape index (κ2) is 6.51. The van der Waals surface area contributed by atoms with Crippen molar-refractivity contribution in [3.05, 3.63) is 43.1 Å². The van der Waals surface area contributed by atoms with E-state index in [1.54, 1.807) is 32.1 Å². The second-order valence-corrected chi connectivity index (χ2v) is 4.82. The number of nitriles is 3. The Morgan fingerprint density at radius 2 is 1.81 bits per heavy atom. The molecular weight excluding hydrogens is 338 g/mol. The van der Waals surface area contributed by atoms with E-state index in [1.807, 2.05) is 0 Å². The monoisotopic (exact) mass is 345 g/mol. The first kappa shape index (κ1) is 16.2. The summed E-state index contributed by atoms with van der Waals surface area (Å²) in [5.74, 6) is 0. The molecule has 8 heteroatoms. The molecule has 0 spiro atoms. The molecule has 0 amide bonds. The van der Waals surface area contributed by atoms with Crippen molar-refractivity contribution in [2.75, 3.05) is 5.32 Å². The van der Waals surface area contributed by atoms with E-state index in [1.165, 1.54) is 6.07 Å². The third kappa shape index (κ3) is 3.17. The average Bonchev–Trinajstić information content (AvgIpc) is 2.46. The molecule has 0 atom stereocenters. The summed E-state index contributed by atoms with van der Waals surface area (Å²) in [6.45, 7) is 3.22. The Labute approximate surface area is 129 Å². The topological polar surface area (TPSA) is 127 Å². The number of rotatable bonds is 3. The van der Waals surface area contributed by atoms with Crippen molar-refractivity contribution in [2.45, 2.75) is 13.8 Å². The lowest BCUT2D eigenvalue weighted by atomic mass is 10.1. The van der Waals surface area contributed by atoms with E-state index < -0.39 is 4.92 Å². The molecule has 1 aromatic rings. The number of nitrogens with zero attached hydrogens (tertiary/aromatic N) is 4. The van der Waals surface area contributed by atoms with Crippen LogP contribution in [0.15, 0.2) is 21.8 Å². The molecule has 1 N–H and O–H groups in total. The summed E-state index contributed by atoms with van der Waals surface area (Å²) >= 11 is 3.19. The Morgan fingerprint density at radius 1 is 1.24 bits per heavy atom. The van der Waals surface area contributed by atoms with Crippen molar-refractivity contribution >= 4 is 27.3 Å². The van der Waals surface area contributed by atoms with Crippen LogP contribution in [0.3, 0.4) is 0 Å². The third-order valence-corrected chi connectivity index (χ3v) is 3.48. The van der Waals surface area contributed by atoms with E-state index in [0.29, 0.717) is 21.3 Å². The number of halogens is 1. The van der Waals surface area contributed by atoms with Crippen molar-refractivity contribution in [2.24, 2.45) is 0 Å². The van der Waals surface area contributed by atoms with Gasteiger partial charge in [-0.3, -0.25) is 10.1 Å². The number of allylic oxidation sites excluding steroid dienone is 2. The molecule has 0 saturated carbocycles. The zero-order valence-electron chi connectivity index (χ0n) is 11.1. The lowest BCUT2D eigenvalue weighted by Crippen LogP contribution is -2.05. The van der Waals surface area contributed by atoms with Crippen LogP contribution in [-0.4, -0.2) is 4.92 Å². The van der Waals surface area contributed by atoms with Crippen LogP contribution in [0, 0.1) is 58.0 Å². The summed E-state index contributed by atoms with van der Waals surface area (Å²) in [5, 5.41) is 40.2. The van der Waals surface area contributed by atoms with Gasteiger partial charge < -0.3 is 5.32 Å². The second-order valence-electron chi connectivity index (χ2n) is 3.97. The van der Waals surface area contributed by atoms with Gasteiger partial charge in [0.05, 0.1) is 10.6 Å². The molecule has 0 saturated heterocycles. The largest absolute Gasteiger partial charge is 0.344 e. The Morgan fingerprint density at radius 3 is 2.24 bits per heavy atom. The standard InChI is InChI=1S/C13H8BrN5O2/c1-7-8(2)13(10(14)3-12(7)19(20)21)18-11(6-17)9(4-15)5-16/h3,18H,1-2H3. The molecule has 0 heterocycles. The van der Waals surface area contributed by atoms with E-state index in [2.05, 4.69) is 21.2 Å². The van der Waals surface area contributed by atoms with Gasteiger partial charge in [0, 0.05) is 16.1 Å². The molecule has 1 aromatic carbocycles. The molecule has 0 aliphatic heterocycles. The van der Waals surface area contributed by atoms with Gasteiger partial charge in [-0.05, 0) is 35.3 Å². The maximum absolute atomic E-state index is 10.9. The van der Waals surface area contributed by atoms with Crippen molar-refractivity contribution in [1.29, 1.82) is 15.8 Å². The molecular formula is C13H8BrN5O2. The van der Waals surface area contributed by atoms with E-state index >= 15 is 0 Å². The summed E-state index contributed by atoms with van der Waals surface area (Å²) in [4.78, 5) is 10.4. The summed E-state index contributed by atoms with van der Waals surface area (Å²) in [6, 6.07) is 6.27. The smallest absolute Gasteiger partial charge is 0.273 e. The summed E-state index contributed by atoms with van der Waals surface area (Å²) in [6.07, 6.45) is 0. The molecule has 0 aliphatic carbocycles. The van der Waals surface area contributed by atoms with Crippen LogP contribution in [0.4, 0.5) is 11.4 Å². The maximum atomic E-state index is 10.9. The fourth-order valence-corrected chi connectivity index (χ4v) is 2.22. The number of hydrogen-bond donors (Lipinski definition) is 1. The van der Waals surface area contributed by atoms with Gasteiger partial charge in [0.1, 0.15) is 23.9 Å².